The number of benzene rings is 2. The second-order valence-electron chi connectivity index (χ2n) is 7.20. The number of nitrogens with zero attached hydrogens (tertiary/aromatic N) is 1. The van der Waals surface area contributed by atoms with Gasteiger partial charge in [0.05, 0.1) is 6.42 Å². The standard InChI is InChI=1S/C23H27NO3/c1-24(21-10-6-3-7-11-21)22(25)17-27-23(26)16-18-12-14-20(15-13-18)19-8-4-2-5-9-19/h2,4-5,8-9,12-15,21H,3,6-7,10-11,16-17H2,1H3. The number of hydrogen-bond donors (Lipinski definition) is 0. The Morgan fingerprint density at radius 1 is 0.926 bits per heavy atom. The van der Waals surface area contributed by atoms with Gasteiger partial charge >= 0.3 is 5.97 Å². The van der Waals surface area contributed by atoms with Crippen molar-refractivity contribution in [2.24, 2.45) is 0 Å². The van der Waals surface area contributed by atoms with Gasteiger partial charge in [0, 0.05) is 13.1 Å². The van der Waals surface area contributed by atoms with Crippen LogP contribution >= 0.6 is 0 Å². The highest BCUT2D eigenvalue weighted by atomic mass is 16.5. The predicted molar refractivity (Wildman–Crippen MR) is 106 cm³/mol. The molecule has 0 heterocycles. The number of amides is 1. The predicted octanol–water partition coefficient (Wildman–Crippen LogP) is 4.23. The van der Waals surface area contributed by atoms with Crippen LogP contribution in [-0.2, 0) is 20.7 Å². The highest BCUT2D eigenvalue weighted by Crippen LogP contribution is 2.22. The Hall–Kier alpha value is -2.62. The molecule has 4 heteroatoms. The van der Waals surface area contributed by atoms with Gasteiger partial charge in [-0.15, -0.1) is 0 Å². The molecule has 0 N–H and O–H groups in total. The summed E-state index contributed by atoms with van der Waals surface area (Å²) >= 11 is 0. The topological polar surface area (TPSA) is 46.6 Å². The number of hydrogen-bond acceptors (Lipinski definition) is 3. The Morgan fingerprint density at radius 2 is 1.56 bits per heavy atom. The Morgan fingerprint density at radius 3 is 2.22 bits per heavy atom. The molecular weight excluding hydrogens is 338 g/mol. The average molecular weight is 365 g/mol. The number of carbonyl (C=O) groups is 2. The summed E-state index contributed by atoms with van der Waals surface area (Å²) < 4.78 is 5.20. The van der Waals surface area contributed by atoms with Crippen LogP contribution in [0.5, 0.6) is 0 Å². The highest BCUT2D eigenvalue weighted by molar-refractivity contribution is 5.81. The van der Waals surface area contributed by atoms with Gasteiger partial charge in [-0.2, -0.15) is 0 Å². The molecule has 1 aliphatic rings. The zero-order valence-corrected chi connectivity index (χ0v) is 15.9. The maximum Gasteiger partial charge on any atom is 0.310 e. The first-order valence-corrected chi connectivity index (χ1v) is 9.69. The van der Waals surface area contributed by atoms with Crippen LogP contribution in [0.15, 0.2) is 54.6 Å². The number of esters is 1. The molecule has 1 aliphatic carbocycles. The quantitative estimate of drug-likeness (QED) is 0.720. The molecule has 0 bridgehead atoms. The molecule has 27 heavy (non-hydrogen) atoms. The minimum Gasteiger partial charge on any atom is -0.455 e. The fourth-order valence-electron chi connectivity index (χ4n) is 3.58. The Kier molecular flexibility index (Phi) is 6.64. The molecule has 2 aromatic carbocycles. The van der Waals surface area contributed by atoms with Crippen LogP contribution in [0.3, 0.4) is 0 Å². The van der Waals surface area contributed by atoms with E-state index in [9.17, 15) is 9.59 Å². The van der Waals surface area contributed by atoms with Crippen molar-refractivity contribution in [1.82, 2.24) is 4.90 Å². The van der Waals surface area contributed by atoms with E-state index in [4.69, 9.17) is 4.74 Å². The van der Waals surface area contributed by atoms with Gasteiger partial charge in [0.2, 0.25) is 0 Å². The highest BCUT2D eigenvalue weighted by Gasteiger charge is 2.22. The molecule has 1 saturated carbocycles. The lowest BCUT2D eigenvalue weighted by molar-refractivity contribution is -0.152. The van der Waals surface area contributed by atoms with E-state index in [-0.39, 0.29) is 30.9 Å². The van der Waals surface area contributed by atoms with Crippen LogP contribution in [0, 0.1) is 0 Å². The van der Waals surface area contributed by atoms with Gasteiger partial charge in [0.15, 0.2) is 6.61 Å². The van der Waals surface area contributed by atoms with Crippen molar-refractivity contribution in [3.8, 4) is 11.1 Å². The number of rotatable bonds is 6. The summed E-state index contributed by atoms with van der Waals surface area (Å²) in [5.41, 5.74) is 3.13. The van der Waals surface area contributed by atoms with Crippen molar-refractivity contribution < 1.29 is 14.3 Å². The van der Waals surface area contributed by atoms with Gasteiger partial charge in [0.1, 0.15) is 0 Å². The molecule has 1 fully saturated rings. The molecule has 0 aliphatic heterocycles. The smallest absolute Gasteiger partial charge is 0.310 e. The molecule has 0 spiro atoms. The van der Waals surface area contributed by atoms with Gasteiger partial charge in [0.25, 0.3) is 5.91 Å². The van der Waals surface area contributed by atoms with E-state index < -0.39 is 0 Å². The summed E-state index contributed by atoms with van der Waals surface area (Å²) in [6.45, 7) is -0.173. The molecule has 0 unspecified atom stereocenters. The summed E-state index contributed by atoms with van der Waals surface area (Å²) in [6.07, 6.45) is 5.85. The molecule has 0 saturated heterocycles. The van der Waals surface area contributed by atoms with Crippen molar-refractivity contribution in [3.05, 3.63) is 60.2 Å². The molecule has 0 aromatic heterocycles. The summed E-state index contributed by atoms with van der Waals surface area (Å²) in [7, 11) is 1.81. The molecule has 2 aromatic rings. The Bertz CT molecular complexity index is 749. The molecule has 0 atom stereocenters. The summed E-state index contributed by atoms with van der Waals surface area (Å²) in [5.74, 6) is -0.484. The largest absolute Gasteiger partial charge is 0.455 e. The third kappa shape index (κ3) is 5.43. The van der Waals surface area contributed by atoms with E-state index in [0.29, 0.717) is 0 Å². The van der Waals surface area contributed by atoms with Crippen LogP contribution in [0.1, 0.15) is 37.7 Å². The normalized spacial score (nSPS) is 14.6. The van der Waals surface area contributed by atoms with Gasteiger partial charge in [-0.05, 0) is 29.5 Å². The zero-order valence-electron chi connectivity index (χ0n) is 15.9. The number of likely N-dealkylation sites (N-methyl/N-ethyl adjacent to an activating group) is 1. The van der Waals surface area contributed by atoms with Gasteiger partial charge in [-0.25, -0.2) is 0 Å². The van der Waals surface area contributed by atoms with Crippen LogP contribution in [0.2, 0.25) is 0 Å². The van der Waals surface area contributed by atoms with E-state index in [1.54, 1.807) is 4.90 Å². The SMILES string of the molecule is CN(C(=O)COC(=O)Cc1ccc(-c2ccccc2)cc1)C1CCCCC1. The second kappa shape index (κ2) is 9.36. The minimum atomic E-state index is -0.368. The lowest BCUT2D eigenvalue weighted by Crippen LogP contribution is -2.40. The number of carbonyl (C=O) groups excluding carboxylic acids is 2. The van der Waals surface area contributed by atoms with Crippen molar-refractivity contribution in [1.29, 1.82) is 0 Å². The lowest BCUT2D eigenvalue weighted by Gasteiger charge is -2.31. The van der Waals surface area contributed by atoms with E-state index >= 15 is 0 Å². The van der Waals surface area contributed by atoms with E-state index in [0.717, 1.165) is 29.5 Å². The Balaban J connectivity index is 1.47. The third-order valence-corrected chi connectivity index (χ3v) is 5.28. The molecule has 0 radical (unpaired) electrons. The molecule has 142 valence electrons. The van der Waals surface area contributed by atoms with Crippen LogP contribution < -0.4 is 0 Å². The maximum atomic E-state index is 12.2. The third-order valence-electron chi connectivity index (χ3n) is 5.28. The van der Waals surface area contributed by atoms with Crippen molar-refractivity contribution in [3.63, 3.8) is 0 Å². The number of ether oxygens (including phenoxy) is 1. The van der Waals surface area contributed by atoms with Crippen molar-refractivity contribution >= 4 is 11.9 Å². The second-order valence-corrected chi connectivity index (χ2v) is 7.20. The van der Waals surface area contributed by atoms with Crippen LogP contribution in [0.25, 0.3) is 11.1 Å². The monoisotopic (exact) mass is 365 g/mol. The summed E-state index contributed by atoms with van der Waals surface area (Å²) in [4.78, 5) is 26.1. The van der Waals surface area contributed by atoms with Gasteiger partial charge in [-0.3, -0.25) is 9.59 Å². The maximum absolute atomic E-state index is 12.2. The van der Waals surface area contributed by atoms with Crippen LogP contribution in [0.4, 0.5) is 0 Å². The van der Waals surface area contributed by atoms with E-state index in [1.165, 1.54) is 19.3 Å². The lowest BCUT2D eigenvalue weighted by atomic mass is 9.94. The van der Waals surface area contributed by atoms with Crippen molar-refractivity contribution in [2.45, 2.75) is 44.6 Å². The van der Waals surface area contributed by atoms with E-state index in [1.807, 2.05) is 49.5 Å². The fourth-order valence-corrected chi connectivity index (χ4v) is 3.58. The zero-order chi connectivity index (χ0) is 19.1. The molecule has 3 rings (SSSR count). The average Bonchev–Trinajstić information content (AvgIpc) is 2.73. The van der Waals surface area contributed by atoms with Gasteiger partial charge in [-0.1, -0.05) is 73.9 Å². The van der Waals surface area contributed by atoms with Crippen molar-refractivity contribution in [2.75, 3.05) is 13.7 Å². The first kappa shape index (κ1) is 19.2. The first-order chi connectivity index (χ1) is 13.1. The Labute approximate surface area is 161 Å². The first-order valence-electron chi connectivity index (χ1n) is 9.69. The van der Waals surface area contributed by atoms with Crippen LogP contribution in [-0.4, -0.2) is 36.5 Å². The molecular formula is C23H27NO3. The van der Waals surface area contributed by atoms with E-state index in [2.05, 4.69) is 12.1 Å². The minimum absolute atomic E-state index is 0.116. The summed E-state index contributed by atoms with van der Waals surface area (Å²) in [6, 6.07) is 18.2. The molecule has 4 nitrogen and oxygen atoms in total. The van der Waals surface area contributed by atoms with Gasteiger partial charge < -0.3 is 9.64 Å². The summed E-state index contributed by atoms with van der Waals surface area (Å²) in [5, 5.41) is 0. The fraction of sp³-hybridized carbons (Fsp3) is 0.391. The molecule has 1 amide bonds.